The Labute approximate surface area is 175 Å². The predicted octanol–water partition coefficient (Wildman–Crippen LogP) is 4.50. The fraction of sp³-hybridized carbons (Fsp3) is 0.348. The van der Waals surface area contributed by atoms with Crippen LogP contribution < -0.4 is 5.56 Å². The van der Waals surface area contributed by atoms with Crippen molar-refractivity contribution in [3.63, 3.8) is 0 Å². The minimum Gasteiger partial charge on any atom is -0.382 e. The third-order valence-electron chi connectivity index (χ3n) is 4.69. The number of rotatable bonds is 9. The molecule has 0 saturated carbocycles. The van der Waals surface area contributed by atoms with Crippen LogP contribution in [0.4, 0.5) is 0 Å². The van der Waals surface area contributed by atoms with E-state index in [0.717, 1.165) is 5.56 Å². The van der Waals surface area contributed by atoms with E-state index < -0.39 is 0 Å². The van der Waals surface area contributed by atoms with E-state index in [1.54, 1.807) is 10.6 Å². The molecule has 0 N–H and O–H groups in total. The van der Waals surface area contributed by atoms with Crippen molar-refractivity contribution in [3.05, 3.63) is 70.0 Å². The maximum Gasteiger partial charge on any atom is 0.262 e. The number of carbonyl (C=O) groups excluding carboxylic acids is 1. The number of carbonyl (C=O) groups is 1. The Morgan fingerprint density at radius 2 is 1.90 bits per heavy atom. The first-order valence-corrected chi connectivity index (χ1v) is 10.7. The molecular weight excluding hydrogens is 384 g/mol. The van der Waals surface area contributed by atoms with Gasteiger partial charge in [0, 0.05) is 25.3 Å². The first-order chi connectivity index (χ1) is 14.0. The van der Waals surface area contributed by atoms with Gasteiger partial charge < -0.3 is 4.74 Å². The number of Topliss-reactive ketones (excluding diaryl/α,β-unsaturated/α-hetero) is 1. The van der Waals surface area contributed by atoms with Gasteiger partial charge in [-0.15, -0.1) is 0 Å². The van der Waals surface area contributed by atoms with E-state index in [-0.39, 0.29) is 16.6 Å². The van der Waals surface area contributed by atoms with Crippen molar-refractivity contribution < 1.29 is 9.53 Å². The second-order valence-corrected chi connectivity index (χ2v) is 8.22. The van der Waals surface area contributed by atoms with Crippen LogP contribution in [0.3, 0.4) is 0 Å². The second kappa shape index (κ2) is 9.85. The maximum absolute atomic E-state index is 13.1. The number of nitrogens with zero attached hydrogens (tertiary/aromatic N) is 2. The molecule has 0 aliphatic heterocycles. The van der Waals surface area contributed by atoms with Crippen molar-refractivity contribution >= 4 is 28.4 Å². The van der Waals surface area contributed by atoms with E-state index in [1.165, 1.54) is 11.8 Å². The quantitative estimate of drug-likeness (QED) is 0.225. The minimum atomic E-state index is -0.357. The zero-order valence-corrected chi connectivity index (χ0v) is 17.9. The van der Waals surface area contributed by atoms with Crippen LogP contribution in [0.15, 0.2) is 58.5 Å². The Morgan fingerprint density at radius 3 is 2.62 bits per heavy atom. The minimum absolute atomic E-state index is 0.0262. The van der Waals surface area contributed by atoms with E-state index >= 15 is 0 Å². The number of ether oxygens (including phenoxy) is 1. The highest BCUT2D eigenvalue weighted by Gasteiger charge is 2.20. The molecule has 0 aliphatic rings. The smallest absolute Gasteiger partial charge is 0.262 e. The number of ketones is 1. The van der Waals surface area contributed by atoms with Gasteiger partial charge in [-0.3, -0.25) is 14.2 Å². The summed E-state index contributed by atoms with van der Waals surface area (Å²) in [6, 6.07) is 14.9. The molecule has 3 aromatic rings. The van der Waals surface area contributed by atoms with E-state index in [4.69, 9.17) is 9.72 Å². The van der Waals surface area contributed by atoms with Crippen molar-refractivity contribution in [1.29, 1.82) is 0 Å². The van der Waals surface area contributed by atoms with Crippen molar-refractivity contribution in [2.45, 2.75) is 44.1 Å². The van der Waals surface area contributed by atoms with Crippen LogP contribution in [0.25, 0.3) is 10.9 Å². The lowest BCUT2D eigenvalue weighted by atomic mass is 10.1. The SMILES string of the molecule is CCOCCCn1c(S[C@@H](C)C(=O)c2ccc(C)cc2)nc2ccccc2c1=O. The van der Waals surface area contributed by atoms with Gasteiger partial charge in [0.05, 0.1) is 16.2 Å². The lowest BCUT2D eigenvalue weighted by Crippen LogP contribution is -2.25. The molecule has 29 heavy (non-hydrogen) atoms. The highest BCUT2D eigenvalue weighted by Crippen LogP contribution is 2.25. The molecule has 1 heterocycles. The number of aromatic nitrogens is 2. The molecule has 2 aromatic carbocycles. The number of fused-ring (bicyclic) bond motifs is 1. The Hall–Kier alpha value is -2.44. The molecule has 0 fully saturated rings. The molecule has 0 aliphatic carbocycles. The number of benzene rings is 2. The molecule has 0 bridgehead atoms. The van der Waals surface area contributed by atoms with E-state index in [2.05, 4.69) is 0 Å². The number of hydrogen-bond acceptors (Lipinski definition) is 5. The van der Waals surface area contributed by atoms with Crippen LogP contribution in [-0.2, 0) is 11.3 Å². The Bertz CT molecular complexity index is 1040. The topological polar surface area (TPSA) is 61.2 Å². The monoisotopic (exact) mass is 410 g/mol. The second-order valence-electron chi connectivity index (χ2n) is 6.91. The number of thioether (sulfide) groups is 1. The van der Waals surface area contributed by atoms with Gasteiger partial charge in [-0.1, -0.05) is 53.7 Å². The molecular formula is C23H26N2O3S. The number of para-hydroxylation sites is 1. The van der Waals surface area contributed by atoms with Gasteiger partial charge in [-0.05, 0) is 39.3 Å². The molecule has 0 unspecified atom stereocenters. The zero-order valence-electron chi connectivity index (χ0n) is 17.1. The van der Waals surface area contributed by atoms with Gasteiger partial charge in [0.2, 0.25) is 0 Å². The summed E-state index contributed by atoms with van der Waals surface area (Å²) < 4.78 is 7.08. The molecule has 0 amide bonds. The van der Waals surface area contributed by atoms with E-state index in [9.17, 15) is 9.59 Å². The first-order valence-electron chi connectivity index (χ1n) is 9.86. The first kappa shape index (κ1) is 21.3. The maximum atomic E-state index is 13.1. The lowest BCUT2D eigenvalue weighted by Gasteiger charge is -2.16. The van der Waals surface area contributed by atoms with Crippen molar-refractivity contribution in [1.82, 2.24) is 9.55 Å². The molecule has 3 rings (SSSR count). The molecule has 6 heteroatoms. The molecule has 1 atom stereocenters. The normalized spacial score (nSPS) is 12.2. The van der Waals surface area contributed by atoms with Crippen LogP contribution in [0.1, 0.15) is 36.2 Å². The highest BCUT2D eigenvalue weighted by molar-refractivity contribution is 8.00. The van der Waals surface area contributed by atoms with Crippen LogP contribution in [0.2, 0.25) is 0 Å². The van der Waals surface area contributed by atoms with Crippen molar-refractivity contribution in [2.75, 3.05) is 13.2 Å². The summed E-state index contributed by atoms with van der Waals surface area (Å²) in [5.74, 6) is 0.0262. The third-order valence-corrected chi connectivity index (χ3v) is 5.78. The Kier molecular flexibility index (Phi) is 7.23. The largest absolute Gasteiger partial charge is 0.382 e. The van der Waals surface area contributed by atoms with Crippen LogP contribution in [-0.4, -0.2) is 33.8 Å². The predicted molar refractivity (Wildman–Crippen MR) is 118 cm³/mol. The molecule has 5 nitrogen and oxygen atoms in total. The fourth-order valence-corrected chi connectivity index (χ4v) is 4.08. The van der Waals surface area contributed by atoms with Crippen molar-refractivity contribution in [2.24, 2.45) is 0 Å². The summed E-state index contributed by atoms with van der Waals surface area (Å²) >= 11 is 1.33. The molecule has 0 radical (unpaired) electrons. The molecule has 1 aromatic heterocycles. The third kappa shape index (κ3) is 5.14. The van der Waals surface area contributed by atoms with E-state index in [0.29, 0.717) is 47.8 Å². The van der Waals surface area contributed by atoms with Gasteiger partial charge in [0.25, 0.3) is 5.56 Å². The highest BCUT2D eigenvalue weighted by atomic mass is 32.2. The number of aryl methyl sites for hydroxylation is 1. The average molecular weight is 411 g/mol. The lowest BCUT2D eigenvalue weighted by molar-refractivity contribution is 0.0993. The standard InChI is InChI=1S/C23H26N2O3S/c1-4-28-15-7-14-25-22(27)19-8-5-6-9-20(19)24-23(25)29-17(3)21(26)18-12-10-16(2)11-13-18/h5-6,8-13,17H,4,7,14-15H2,1-3H3/t17-/m0/s1. The van der Waals surface area contributed by atoms with Gasteiger partial charge >= 0.3 is 0 Å². The average Bonchev–Trinajstić information content (AvgIpc) is 2.73. The summed E-state index contributed by atoms with van der Waals surface area (Å²) in [6.45, 7) is 7.53. The summed E-state index contributed by atoms with van der Waals surface area (Å²) in [6.07, 6.45) is 0.710. The Morgan fingerprint density at radius 1 is 1.17 bits per heavy atom. The summed E-state index contributed by atoms with van der Waals surface area (Å²) in [5, 5.41) is 0.799. The van der Waals surface area contributed by atoms with Crippen LogP contribution >= 0.6 is 11.8 Å². The molecule has 0 spiro atoms. The van der Waals surface area contributed by atoms with Gasteiger partial charge in [-0.2, -0.15) is 0 Å². The van der Waals surface area contributed by atoms with Gasteiger partial charge in [-0.25, -0.2) is 4.98 Å². The van der Waals surface area contributed by atoms with Gasteiger partial charge in [0.15, 0.2) is 10.9 Å². The summed E-state index contributed by atoms with van der Waals surface area (Å²) in [7, 11) is 0. The molecule has 152 valence electrons. The van der Waals surface area contributed by atoms with Crippen molar-refractivity contribution in [3.8, 4) is 0 Å². The zero-order chi connectivity index (χ0) is 20.8. The number of hydrogen-bond donors (Lipinski definition) is 0. The van der Waals surface area contributed by atoms with Crippen LogP contribution in [0.5, 0.6) is 0 Å². The fourth-order valence-electron chi connectivity index (χ4n) is 3.07. The van der Waals surface area contributed by atoms with E-state index in [1.807, 2.05) is 63.2 Å². The Balaban J connectivity index is 1.90. The summed E-state index contributed by atoms with van der Waals surface area (Å²) in [4.78, 5) is 30.6. The van der Waals surface area contributed by atoms with Gasteiger partial charge in [0.1, 0.15) is 0 Å². The van der Waals surface area contributed by atoms with Crippen LogP contribution in [0, 0.1) is 6.92 Å². The molecule has 0 saturated heterocycles. The summed E-state index contributed by atoms with van der Waals surface area (Å²) in [5.41, 5.74) is 2.35.